The zero-order valence-corrected chi connectivity index (χ0v) is 5.48. The van der Waals surface area contributed by atoms with Crippen LogP contribution in [0, 0.1) is 4.91 Å². The summed E-state index contributed by atoms with van der Waals surface area (Å²) in [5, 5.41) is 3.48. The van der Waals surface area contributed by atoms with Crippen molar-refractivity contribution in [3.8, 4) is 0 Å². The maximum absolute atomic E-state index is 9.98. The topological polar surface area (TPSA) is 71.0 Å². The third-order valence-corrected chi connectivity index (χ3v) is 1.37. The van der Waals surface area contributed by atoms with Crippen molar-refractivity contribution in [1.82, 2.24) is 15.0 Å². The average Bonchev–Trinajstić information content (AvgIpc) is 2.50. The number of hydrogen-bond donors (Lipinski definition) is 1. The molecule has 0 bridgehead atoms. The van der Waals surface area contributed by atoms with Crippen molar-refractivity contribution < 1.29 is 0 Å². The SMILES string of the molecule is O=Nc1ncc2cc[nH]c2n1. The van der Waals surface area contributed by atoms with E-state index >= 15 is 0 Å². The number of aromatic nitrogens is 3. The summed E-state index contributed by atoms with van der Waals surface area (Å²) >= 11 is 0. The zero-order chi connectivity index (χ0) is 7.68. The number of fused-ring (bicyclic) bond motifs is 1. The van der Waals surface area contributed by atoms with Gasteiger partial charge in [0.2, 0.25) is 0 Å². The molecular formula is C6H4N4O. The Balaban J connectivity index is 2.76. The molecule has 0 aliphatic heterocycles. The van der Waals surface area contributed by atoms with Gasteiger partial charge in [0, 0.05) is 23.0 Å². The van der Waals surface area contributed by atoms with Gasteiger partial charge in [-0.15, -0.1) is 4.91 Å². The summed E-state index contributed by atoms with van der Waals surface area (Å²) in [6.07, 6.45) is 3.28. The standard InChI is InChI=1S/C6H4N4O/c11-10-6-8-3-4-1-2-7-5(4)9-6/h1-3H,(H,7,8,9). The Morgan fingerprint density at radius 2 is 2.45 bits per heavy atom. The van der Waals surface area contributed by atoms with Crippen LogP contribution in [0.25, 0.3) is 11.0 Å². The fraction of sp³-hybridized carbons (Fsp3) is 0. The lowest BCUT2D eigenvalue weighted by atomic mass is 10.4. The normalized spacial score (nSPS) is 10.2. The summed E-state index contributed by atoms with van der Waals surface area (Å²) in [6.45, 7) is 0. The van der Waals surface area contributed by atoms with E-state index in [9.17, 15) is 4.91 Å². The molecule has 11 heavy (non-hydrogen) atoms. The van der Waals surface area contributed by atoms with Crippen LogP contribution in [0.2, 0.25) is 0 Å². The van der Waals surface area contributed by atoms with Gasteiger partial charge < -0.3 is 4.98 Å². The number of rotatable bonds is 1. The molecule has 0 radical (unpaired) electrons. The fourth-order valence-corrected chi connectivity index (χ4v) is 0.874. The van der Waals surface area contributed by atoms with Crippen molar-refractivity contribution in [2.45, 2.75) is 0 Å². The van der Waals surface area contributed by atoms with Crippen molar-refractivity contribution in [2.24, 2.45) is 5.18 Å². The van der Waals surface area contributed by atoms with E-state index < -0.39 is 0 Å². The second-order valence-electron chi connectivity index (χ2n) is 2.04. The van der Waals surface area contributed by atoms with E-state index in [1.54, 1.807) is 12.4 Å². The molecule has 0 aromatic carbocycles. The van der Waals surface area contributed by atoms with Crippen molar-refractivity contribution in [2.75, 3.05) is 0 Å². The molecule has 0 amide bonds. The summed E-state index contributed by atoms with van der Waals surface area (Å²) in [5.41, 5.74) is 0.634. The van der Waals surface area contributed by atoms with Gasteiger partial charge in [-0.2, -0.15) is 4.98 Å². The summed E-state index contributed by atoms with van der Waals surface area (Å²) in [7, 11) is 0. The van der Waals surface area contributed by atoms with Gasteiger partial charge in [0.05, 0.1) is 0 Å². The molecule has 0 saturated heterocycles. The third kappa shape index (κ3) is 0.861. The number of aromatic amines is 1. The molecule has 5 heteroatoms. The van der Waals surface area contributed by atoms with Crippen LogP contribution < -0.4 is 0 Å². The molecule has 0 aliphatic rings. The Morgan fingerprint density at radius 3 is 3.27 bits per heavy atom. The Hall–Kier alpha value is -1.78. The Labute approximate surface area is 61.5 Å². The van der Waals surface area contributed by atoms with Crippen LogP contribution in [-0.2, 0) is 0 Å². The highest BCUT2D eigenvalue weighted by Gasteiger charge is 1.98. The molecule has 2 rings (SSSR count). The first-order chi connectivity index (χ1) is 5.40. The number of nitrogens with one attached hydrogen (secondary N) is 1. The highest BCUT2D eigenvalue weighted by atomic mass is 16.3. The molecule has 0 saturated carbocycles. The molecule has 2 aromatic rings. The lowest BCUT2D eigenvalue weighted by molar-refractivity contribution is 1.16. The predicted octanol–water partition coefficient (Wildman–Crippen LogP) is 1.36. The molecule has 0 aliphatic carbocycles. The van der Waals surface area contributed by atoms with Crippen LogP contribution in [0.4, 0.5) is 5.95 Å². The van der Waals surface area contributed by atoms with Gasteiger partial charge in [0.1, 0.15) is 5.65 Å². The minimum Gasteiger partial charge on any atom is -0.346 e. The molecule has 5 nitrogen and oxygen atoms in total. The van der Waals surface area contributed by atoms with E-state index in [2.05, 4.69) is 20.1 Å². The third-order valence-electron chi connectivity index (χ3n) is 1.37. The number of nitroso groups, excluding NO2 is 1. The summed E-state index contributed by atoms with van der Waals surface area (Å²) in [5.74, 6) is -0.0417. The summed E-state index contributed by atoms with van der Waals surface area (Å²) in [4.78, 5) is 20.3. The first kappa shape index (κ1) is 5.96. The maximum atomic E-state index is 9.98. The van der Waals surface area contributed by atoms with Gasteiger partial charge in [-0.3, -0.25) is 0 Å². The smallest absolute Gasteiger partial charge is 0.292 e. The molecule has 0 fully saturated rings. The summed E-state index contributed by atoms with van der Waals surface area (Å²) < 4.78 is 0. The lowest BCUT2D eigenvalue weighted by Gasteiger charge is -1.86. The van der Waals surface area contributed by atoms with Crippen LogP contribution in [0.15, 0.2) is 23.6 Å². The van der Waals surface area contributed by atoms with Gasteiger partial charge in [0.15, 0.2) is 0 Å². The Kier molecular flexibility index (Phi) is 1.15. The lowest BCUT2D eigenvalue weighted by Crippen LogP contribution is -1.79. The van der Waals surface area contributed by atoms with E-state index in [1.807, 2.05) is 6.07 Å². The maximum Gasteiger partial charge on any atom is 0.292 e. The largest absolute Gasteiger partial charge is 0.346 e. The van der Waals surface area contributed by atoms with Crippen LogP contribution in [0.1, 0.15) is 0 Å². The van der Waals surface area contributed by atoms with Gasteiger partial charge in [-0.1, -0.05) is 0 Å². The minimum atomic E-state index is -0.0417. The highest BCUT2D eigenvalue weighted by Crippen LogP contribution is 2.10. The second kappa shape index (κ2) is 2.12. The van der Waals surface area contributed by atoms with E-state index in [1.165, 1.54) is 0 Å². The van der Waals surface area contributed by atoms with Gasteiger partial charge in [0.25, 0.3) is 5.95 Å². The van der Waals surface area contributed by atoms with Crippen LogP contribution in [0.3, 0.4) is 0 Å². The quantitative estimate of drug-likeness (QED) is 0.620. The van der Waals surface area contributed by atoms with Crippen LogP contribution in [-0.4, -0.2) is 15.0 Å². The molecule has 0 spiro atoms. The Bertz CT molecular complexity index is 394. The molecular weight excluding hydrogens is 144 g/mol. The van der Waals surface area contributed by atoms with Crippen molar-refractivity contribution in [3.05, 3.63) is 23.4 Å². The Morgan fingerprint density at radius 1 is 1.55 bits per heavy atom. The number of nitrogens with zero attached hydrogens (tertiary/aromatic N) is 3. The zero-order valence-electron chi connectivity index (χ0n) is 5.48. The van der Waals surface area contributed by atoms with E-state index in [0.717, 1.165) is 5.39 Å². The van der Waals surface area contributed by atoms with E-state index in [4.69, 9.17) is 0 Å². The van der Waals surface area contributed by atoms with Gasteiger partial charge in [-0.25, -0.2) is 4.98 Å². The van der Waals surface area contributed by atoms with Crippen LogP contribution >= 0.6 is 0 Å². The first-order valence-electron chi connectivity index (χ1n) is 3.03. The number of hydrogen-bond acceptors (Lipinski definition) is 4. The average molecular weight is 148 g/mol. The fourth-order valence-electron chi connectivity index (χ4n) is 0.874. The second-order valence-corrected chi connectivity index (χ2v) is 2.04. The van der Waals surface area contributed by atoms with Gasteiger partial charge >= 0.3 is 0 Å². The van der Waals surface area contributed by atoms with Crippen molar-refractivity contribution >= 4 is 17.0 Å². The van der Waals surface area contributed by atoms with Gasteiger partial charge in [-0.05, 0) is 6.07 Å². The van der Waals surface area contributed by atoms with Crippen LogP contribution in [0.5, 0.6) is 0 Å². The predicted molar refractivity (Wildman–Crippen MR) is 39.3 cm³/mol. The highest BCUT2D eigenvalue weighted by molar-refractivity contribution is 5.74. The minimum absolute atomic E-state index is 0.0417. The van der Waals surface area contributed by atoms with Crippen molar-refractivity contribution in [3.63, 3.8) is 0 Å². The number of H-pyrrole nitrogens is 1. The monoisotopic (exact) mass is 148 g/mol. The molecule has 2 heterocycles. The summed E-state index contributed by atoms with van der Waals surface area (Å²) in [6, 6.07) is 1.82. The van der Waals surface area contributed by atoms with Crippen molar-refractivity contribution in [1.29, 1.82) is 0 Å². The molecule has 1 N–H and O–H groups in total. The molecule has 54 valence electrons. The van der Waals surface area contributed by atoms with E-state index in [-0.39, 0.29) is 5.95 Å². The first-order valence-corrected chi connectivity index (χ1v) is 3.03. The molecule has 0 atom stereocenters. The molecule has 0 unspecified atom stereocenters. The van der Waals surface area contributed by atoms with E-state index in [0.29, 0.717) is 5.65 Å². The molecule has 2 aromatic heterocycles.